The van der Waals surface area contributed by atoms with Gasteiger partial charge in [-0.05, 0) is 30.2 Å². The second-order valence-electron chi connectivity index (χ2n) is 5.13. The zero-order valence-corrected chi connectivity index (χ0v) is 12.1. The predicted molar refractivity (Wildman–Crippen MR) is 84.7 cm³/mol. The number of aliphatic hydroxyl groups excluding tert-OH is 1. The summed E-state index contributed by atoms with van der Waals surface area (Å²) in [6.45, 7) is 4.75. The van der Waals surface area contributed by atoms with Gasteiger partial charge in [0.1, 0.15) is 0 Å². The number of nitrogens with one attached hydrogen (secondary N) is 1. The van der Waals surface area contributed by atoms with E-state index in [1.165, 1.54) is 0 Å². The van der Waals surface area contributed by atoms with Gasteiger partial charge in [0, 0.05) is 23.8 Å². The van der Waals surface area contributed by atoms with Crippen molar-refractivity contribution < 1.29 is 5.11 Å². The maximum absolute atomic E-state index is 10.2. The third-order valence-corrected chi connectivity index (χ3v) is 3.90. The summed E-state index contributed by atoms with van der Waals surface area (Å²) in [5, 5.41) is 14.4. The molecule has 0 saturated carbocycles. The Bertz CT molecular complexity index is 567. The maximum Gasteiger partial charge on any atom is 0.0953 e. The number of anilines is 2. The van der Waals surface area contributed by atoms with E-state index in [9.17, 15) is 5.11 Å². The molecule has 0 aliphatic carbocycles. The Hall–Kier alpha value is -1.81. The molecule has 4 nitrogen and oxygen atoms in total. The van der Waals surface area contributed by atoms with E-state index in [4.69, 9.17) is 5.73 Å². The van der Waals surface area contributed by atoms with E-state index in [2.05, 4.69) is 24.1 Å². The molecule has 0 spiro atoms. The number of benzene rings is 1. The van der Waals surface area contributed by atoms with Crippen molar-refractivity contribution in [3.05, 3.63) is 30.5 Å². The quantitative estimate of drug-likeness (QED) is 0.707. The van der Waals surface area contributed by atoms with E-state index in [1.807, 2.05) is 24.3 Å². The number of nitrogen functional groups attached to an aromatic ring is 1. The fourth-order valence-corrected chi connectivity index (χ4v) is 2.55. The Morgan fingerprint density at radius 2 is 2.00 bits per heavy atom. The van der Waals surface area contributed by atoms with Crippen LogP contribution in [0.1, 0.15) is 26.7 Å². The third-order valence-electron chi connectivity index (χ3n) is 3.90. The van der Waals surface area contributed by atoms with Crippen LogP contribution in [0.2, 0.25) is 0 Å². The van der Waals surface area contributed by atoms with Gasteiger partial charge in [-0.2, -0.15) is 0 Å². The van der Waals surface area contributed by atoms with Crippen LogP contribution in [0.5, 0.6) is 0 Å². The van der Waals surface area contributed by atoms with Crippen LogP contribution < -0.4 is 11.1 Å². The molecule has 0 fully saturated rings. The zero-order valence-electron chi connectivity index (χ0n) is 12.1. The van der Waals surface area contributed by atoms with Crippen LogP contribution >= 0.6 is 0 Å². The highest BCUT2D eigenvalue weighted by molar-refractivity contribution is 5.98. The van der Waals surface area contributed by atoms with Crippen molar-refractivity contribution in [3.63, 3.8) is 0 Å². The monoisotopic (exact) mass is 273 g/mol. The predicted octanol–water partition coefficient (Wildman–Crippen LogP) is 3.03. The molecule has 0 saturated heterocycles. The van der Waals surface area contributed by atoms with Crippen LogP contribution in [0, 0.1) is 5.92 Å². The molecule has 4 heteroatoms. The van der Waals surface area contributed by atoms with E-state index in [-0.39, 0.29) is 6.10 Å². The van der Waals surface area contributed by atoms with Crippen molar-refractivity contribution in [1.29, 1.82) is 0 Å². The molecule has 2 rings (SSSR count). The van der Waals surface area contributed by atoms with Gasteiger partial charge in [0.05, 0.1) is 17.3 Å². The fourth-order valence-electron chi connectivity index (χ4n) is 2.55. The van der Waals surface area contributed by atoms with Crippen LogP contribution in [0.15, 0.2) is 30.5 Å². The average Bonchev–Trinajstić information content (AvgIpc) is 2.48. The minimum atomic E-state index is -0.346. The molecule has 1 aromatic heterocycles. The summed E-state index contributed by atoms with van der Waals surface area (Å²) in [6, 6.07) is 7.63. The Labute approximate surface area is 120 Å². The maximum atomic E-state index is 10.2. The fraction of sp³-hybridized carbons (Fsp3) is 0.438. The normalized spacial score (nSPS) is 12.8. The van der Waals surface area contributed by atoms with Gasteiger partial charge in [-0.15, -0.1) is 0 Å². The number of hydrogen-bond donors (Lipinski definition) is 3. The zero-order chi connectivity index (χ0) is 14.5. The van der Waals surface area contributed by atoms with Gasteiger partial charge in [-0.1, -0.05) is 26.7 Å². The smallest absolute Gasteiger partial charge is 0.0953 e. The van der Waals surface area contributed by atoms with Crippen molar-refractivity contribution in [2.24, 2.45) is 5.92 Å². The number of nitrogens with two attached hydrogens (primary N) is 1. The summed E-state index contributed by atoms with van der Waals surface area (Å²) in [4.78, 5) is 4.38. The number of fused-ring (bicyclic) bond motifs is 1. The molecule has 0 bridgehead atoms. The second-order valence-corrected chi connectivity index (χ2v) is 5.13. The Morgan fingerprint density at radius 1 is 1.25 bits per heavy atom. The Kier molecular flexibility index (Phi) is 4.79. The molecule has 0 aliphatic rings. The molecule has 1 aromatic carbocycles. The molecular weight excluding hydrogens is 250 g/mol. The minimum absolute atomic E-state index is 0.329. The van der Waals surface area contributed by atoms with Crippen molar-refractivity contribution in [1.82, 2.24) is 4.98 Å². The molecular formula is C16H23N3O. The molecule has 4 N–H and O–H groups in total. The van der Waals surface area contributed by atoms with Gasteiger partial charge in [0.2, 0.25) is 0 Å². The van der Waals surface area contributed by atoms with Gasteiger partial charge >= 0.3 is 0 Å². The lowest BCUT2D eigenvalue weighted by Crippen LogP contribution is -2.27. The van der Waals surface area contributed by atoms with Gasteiger partial charge < -0.3 is 16.2 Å². The number of aliphatic hydroxyl groups is 1. The van der Waals surface area contributed by atoms with Crippen LogP contribution in [0.4, 0.5) is 11.4 Å². The van der Waals surface area contributed by atoms with Gasteiger partial charge in [0.25, 0.3) is 0 Å². The van der Waals surface area contributed by atoms with Crippen LogP contribution in [-0.4, -0.2) is 22.7 Å². The topological polar surface area (TPSA) is 71.2 Å². The molecule has 20 heavy (non-hydrogen) atoms. The van der Waals surface area contributed by atoms with E-state index in [0.717, 1.165) is 35.1 Å². The van der Waals surface area contributed by atoms with Crippen LogP contribution in [-0.2, 0) is 0 Å². The summed E-state index contributed by atoms with van der Waals surface area (Å²) >= 11 is 0. The van der Waals surface area contributed by atoms with Crippen molar-refractivity contribution in [2.45, 2.75) is 32.8 Å². The average molecular weight is 273 g/mol. The Morgan fingerprint density at radius 3 is 2.70 bits per heavy atom. The first kappa shape index (κ1) is 14.6. The van der Waals surface area contributed by atoms with Crippen LogP contribution in [0.3, 0.4) is 0 Å². The summed E-state index contributed by atoms with van der Waals surface area (Å²) in [6.07, 6.45) is 3.38. The first-order valence-electron chi connectivity index (χ1n) is 7.22. The molecule has 0 amide bonds. The van der Waals surface area contributed by atoms with E-state index >= 15 is 0 Å². The largest absolute Gasteiger partial charge is 0.398 e. The summed E-state index contributed by atoms with van der Waals surface area (Å²) < 4.78 is 0. The number of pyridine rings is 1. The Balaban J connectivity index is 2.16. The number of rotatable bonds is 6. The number of hydrogen-bond acceptors (Lipinski definition) is 4. The van der Waals surface area contributed by atoms with Crippen molar-refractivity contribution in [3.8, 4) is 0 Å². The minimum Gasteiger partial charge on any atom is -0.398 e. The molecule has 1 unspecified atom stereocenters. The molecule has 1 heterocycles. The number of nitrogens with zero attached hydrogens (tertiary/aromatic N) is 1. The first-order chi connectivity index (χ1) is 9.67. The third kappa shape index (κ3) is 3.02. The molecule has 108 valence electrons. The number of aromatic nitrogens is 1. The van der Waals surface area contributed by atoms with E-state index < -0.39 is 0 Å². The molecule has 1 atom stereocenters. The van der Waals surface area contributed by atoms with E-state index in [1.54, 1.807) is 6.20 Å². The lowest BCUT2D eigenvalue weighted by atomic mass is 9.96. The summed E-state index contributed by atoms with van der Waals surface area (Å²) in [5.74, 6) is 0.329. The SMILES string of the molecule is CCC(CC)C(O)CNc1ccc(N)c2cccnc12. The second kappa shape index (κ2) is 6.57. The highest BCUT2D eigenvalue weighted by atomic mass is 16.3. The molecule has 2 aromatic rings. The van der Waals surface area contributed by atoms with E-state index in [0.29, 0.717) is 12.5 Å². The summed E-state index contributed by atoms with van der Waals surface area (Å²) in [7, 11) is 0. The lowest BCUT2D eigenvalue weighted by molar-refractivity contribution is 0.114. The van der Waals surface area contributed by atoms with Crippen molar-refractivity contribution >= 4 is 22.3 Å². The first-order valence-corrected chi connectivity index (χ1v) is 7.22. The summed E-state index contributed by atoms with van der Waals surface area (Å²) in [5.41, 5.74) is 8.44. The van der Waals surface area contributed by atoms with Gasteiger partial charge in [0.15, 0.2) is 0 Å². The lowest BCUT2D eigenvalue weighted by Gasteiger charge is -2.21. The van der Waals surface area contributed by atoms with Crippen LogP contribution in [0.25, 0.3) is 10.9 Å². The highest BCUT2D eigenvalue weighted by Gasteiger charge is 2.15. The van der Waals surface area contributed by atoms with Gasteiger partial charge in [-0.3, -0.25) is 4.98 Å². The molecule has 0 aliphatic heterocycles. The highest BCUT2D eigenvalue weighted by Crippen LogP contribution is 2.26. The van der Waals surface area contributed by atoms with Gasteiger partial charge in [-0.25, -0.2) is 0 Å². The standard InChI is InChI=1S/C16H23N3O/c1-3-11(4-2)15(20)10-19-14-8-7-13(17)12-6-5-9-18-16(12)14/h5-9,11,15,19-20H,3-4,10,17H2,1-2H3. The van der Waals surface area contributed by atoms with Crippen molar-refractivity contribution in [2.75, 3.05) is 17.6 Å². The molecule has 0 radical (unpaired) electrons.